The summed E-state index contributed by atoms with van der Waals surface area (Å²) in [5.74, 6) is 0.783. The Labute approximate surface area is 157 Å². The van der Waals surface area contributed by atoms with Crippen molar-refractivity contribution in [2.75, 3.05) is 38.6 Å². The second kappa shape index (κ2) is 8.07. The van der Waals surface area contributed by atoms with Gasteiger partial charge in [-0.1, -0.05) is 5.16 Å². The third kappa shape index (κ3) is 4.46. The van der Waals surface area contributed by atoms with E-state index in [2.05, 4.69) is 20.1 Å². The van der Waals surface area contributed by atoms with E-state index in [1.165, 1.54) is 35.7 Å². The summed E-state index contributed by atoms with van der Waals surface area (Å²) in [5, 5.41) is 6.26. The molecule has 0 saturated carbocycles. The fourth-order valence-electron chi connectivity index (χ4n) is 2.87. The molecule has 0 spiro atoms. The summed E-state index contributed by atoms with van der Waals surface area (Å²) < 4.78 is 36.7. The molecule has 146 valence electrons. The van der Waals surface area contributed by atoms with Gasteiger partial charge in [-0.3, -0.25) is 10.2 Å². The number of nitrogens with zero attached hydrogens (tertiary/aromatic N) is 3. The van der Waals surface area contributed by atoms with E-state index in [9.17, 15) is 13.2 Å². The van der Waals surface area contributed by atoms with Gasteiger partial charge in [-0.05, 0) is 31.2 Å². The van der Waals surface area contributed by atoms with Gasteiger partial charge in [0, 0.05) is 44.0 Å². The van der Waals surface area contributed by atoms with Crippen LogP contribution in [-0.2, 0) is 21.3 Å². The molecule has 2 heterocycles. The van der Waals surface area contributed by atoms with Gasteiger partial charge in [-0.2, -0.15) is 4.31 Å². The number of carbonyl (C=O) groups excluding carboxylic acids is 1. The van der Waals surface area contributed by atoms with Gasteiger partial charge in [0.2, 0.25) is 10.0 Å². The molecule has 1 amide bonds. The van der Waals surface area contributed by atoms with Crippen molar-refractivity contribution in [2.24, 2.45) is 0 Å². The van der Waals surface area contributed by atoms with Gasteiger partial charge in [0.15, 0.2) is 0 Å². The van der Waals surface area contributed by atoms with Crippen LogP contribution in [0.5, 0.6) is 0 Å². The first-order chi connectivity index (χ1) is 12.9. The van der Waals surface area contributed by atoms with Crippen molar-refractivity contribution in [3.05, 3.63) is 41.8 Å². The summed E-state index contributed by atoms with van der Waals surface area (Å²) in [6.07, 6.45) is 1.09. The van der Waals surface area contributed by atoms with Crippen LogP contribution in [-0.4, -0.2) is 62.2 Å². The minimum atomic E-state index is -3.57. The Balaban J connectivity index is 1.61. The fourth-order valence-corrected chi connectivity index (χ4v) is 4.29. The van der Waals surface area contributed by atoms with E-state index in [1.54, 1.807) is 6.20 Å². The number of carbonyl (C=O) groups is 1. The number of hydrogen-bond donors (Lipinski definition) is 1. The zero-order valence-electron chi connectivity index (χ0n) is 15.2. The second-order valence-electron chi connectivity index (χ2n) is 6.23. The molecular formula is C17H22N4O5S. The van der Waals surface area contributed by atoms with Gasteiger partial charge in [0.05, 0.1) is 18.2 Å². The molecule has 1 fully saturated rings. The molecule has 1 aromatic heterocycles. The Morgan fingerprint density at radius 2 is 1.89 bits per heavy atom. The number of methoxy groups -OCH3 is 1. The van der Waals surface area contributed by atoms with Crippen molar-refractivity contribution < 1.29 is 22.5 Å². The van der Waals surface area contributed by atoms with E-state index in [4.69, 9.17) is 4.52 Å². The average molecular weight is 394 g/mol. The minimum absolute atomic E-state index is 0.196. The number of aromatic nitrogens is 1. The maximum absolute atomic E-state index is 12.8. The average Bonchev–Trinajstić information content (AvgIpc) is 3.07. The van der Waals surface area contributed by atoms with E-state index >= 15 is 0 Å². The van der Waals surface area contributed by atoms with Crippen molar-refractivity contribution in [3.8, 4) is 0 Å². The van der Waals surface area contributed by atoms with Gasteiger partial charge < -0.3 is 9.26 Å². The highest BCUT2D eigenvalue weighted by molar-refractivity contribution is 7.89. The number of anilines is 1. The van der Waals surface area contributed by atoms with Gasteiger partial charge in [-0.15, -0.1) is 0 Å². The molecule has 3 rings (SSSR count). The van der Waals surface area contributed by atoms with E-state index in [0.29, 0.717) is 38.4 Å². The molecule has 0 radical (unpaired) electrons. The summed E-state index contributed by atoms with van der Waals surface area (Å²) in [4.78, 5) is 13.6. The highest BCUT2D eigenvalue weighted by Gasteiger charge is 2.28. The Morgan fingerprint density at radius 1 is 1.22 bits per heavy atom. The van der Waals surface area contributed by atoms with Crippen molar-refractivity contribution in [1.82, 2.24) is 14.4 Å². The zero-order valence-corrected chi connectivity index (χ0v) is 16.0. The van der Waals surface area contributed by atoms with Crippen molar-refractivity contribution in [1.29, 1.82) is 0 Å². The Morgan fingerprint density at radius 3 is 2.44 bits per heavy atom. The first kappa shape index (κ1) is 19.3. The van der Waals surface area contributed by atoms with Crippen LogP contribution >= 0.6 is 0 Å². The molecule has 0 bridgehead atoms. The third-order valence-corrected chi connectivity index (χ3v) is 6.41. The number of amides is 1. The molecule has 1 aliphatic heterocycles. The van der Waals surface area contributed by atoms with Crippen LogP contribution in [0.1, 0.15) is 11.3 Å². The number of ether oxygens (including phenoxy) is 1. The summed E-state index contributed by atoms with van der Waals surface area (Å²) >= 11 is 0. The molecule has 0 atom stereocenters. The van der Waals surface area contributed by atoms with Gasteiger partial charge >= 0.3 is 6.09 Å². The van der Waals surface area contributed by atoms with Crippen LogP contribution in [0.2, 0.25) is 0 Å². The Hall–Kier alpha value is -2.43. The highest BCUT2D eigenvalue weighted by atomic mass is 32.2. The first-order valence-corrected chi connectivity index (χ1v) is 9.92. The van der Waals surface area contributed by atoms with Crippen LogP contribution in [0.15, 0.2) is 39.9 Å². The van der Waals surface area contributed by atoms with E-state index in [1.807, 2.05) is 6.92 Å². The zero-order chi connectivity index (χ0) is 19.4. The summed E-state index contributed by atoms with van der Waals surface area (Å²) in [5.41, 5.74) is 1.48. The third-order valence-electron chi connectivity index (χ3n) is 4.50. The van der Waals surface area contributed by atoms with Crippen LogP contribution in [0.4, 0.5) is 10.5 Å². The van der Waals surface area contributed by atoms with Crippen LogP contribution in [0.25, 0.3) is 0 Å². The maximum atomic E-state index is 12.8. The quantitative estimate of drug-likeness (QED) is 0.822. The smallest absolute Gasteiger partial charge is 0.411 e. The number of piperazine rings is 1. The van der Waals surface area contributed by atoms with Gasteiger partial charge in [-0.25, -0.2) is 13.2 Å². The van der Waals surface area contributed by atoms with E-state index < -0.39 is 16.1 Å². The lowest BCUT2D eigenvalue weighted by atomic mass is 10.2. The van der Waals surface area contributed by atoms with Crippen LogP contribution < -0.4 is 5.32 Å². The van der Waals surface area contributed by atoms with Crippen molar-refractivity contribution in [2.45, 2.75) is 18.4 Å². The lowest BCUT2D eigenvalue weighted by Gasteiger charge is -2.33. The standard InChI is InChI=1S/C17H22N4O5S/c1-13-14(11-18-26-13)12-20-7-9-21(10-8-20)27(23,24)16-5-3-15(4-6-16)19-17(22)25-2/h3-6,11H,7-10,12H2,1-2H3,(H,19,22). The molecule has 1 N–H and O–H groups in total. The maximum Gasteiger partial charge on any atom is 0.411 e. The predicted octanol–water partition coefficient (Wildman–Crippen LogP) is 1.67. The van der Waals surface area contributed by atoms with Crippen LogP contribution in [0, 0.1) is 6.92 Å². The Kier molecular flexibility index (Phi) is 5.78. The summed E-state index contributed by atoms with van der Waals surface area (Å²) in [6, 6.07) is 6.03. The van der Waals surface area contributed by atoms with E-state index in [0.717, 1.165) is 11.3 Å². The molecule has 1 aliphatic rings. The van der Waals surface area contributed by atoms with Gasteiger partial charge in [0.1, 0.15) is 5.76 Å². The number of benzene rings is 1. The van der Waals surface area contributed by atoms with Crippen LogP contribution in [0.3, 0.4) is 0 Å². The fraction of sp³-hybridized carbons (Fsp3) is 0.412. The normalized spacial score (nSPS) is 16.2. The summed E-state index contributed by atoms with van der Waals surface area (Å²) in [6.45, 7) is 4.64. The molecule has 2 aromatic rings. The molecule has 1 aromatic carbocycles. The molecule has 9 nitrogen and oxygen atoms in total. The molecule has 0 aliphatic carbocycles. The molecular weight excluding hydrogens is 372 g/mol. The van der Waals surface area contributed by atoms with Crippen molar-refractivity contribution in [3.63, 3.8) is 0 Å². The lowest BCUT2D eigenvalue weighted by Crippen LogP contribution is -2.48. The molecule has 1 saturated heterocycles. The minimum Gasteiger partial charge on any atom is -0.453 e. The number of rotatable bonds is 5. The summed E-state index contributed by atoms with van der Waals surface area (Å²) in [7, 11) is -2.31. The van der Waals surface area contributed by atoms with E-state index in [-0.39, 0.29) is 4.90 Å². The molecule has 10 heteroatoms. The SMILES string of the molecule is COC(=O)Nc1ccc(S(=O)(=O)N2CCN(Cc3cnoc3C)CC2)cc1. The number of sulfonamides is 1. The van der Waals surface area contributed by atoms with Gasteiger partial charge in [0.25, 0.3) is 0 Å². The number of hydrogen-bond acceptors (Lipinski definition) is 7. The first-order valence-electron chi connectivity index (χ1n) is 8.48. The monoisotopic (exact) mass is 394 g/mol. The lowest BCUT2D eigenvalue weighted by molar-refractivity contribution is 0.181. The Bertz CT molecular complexity index is 886. The topological polar surface area (TPSA) is 105 Å². The van der Waals surface area contributed by atoms with Crippen molar-refractivity contribution >= 4 is 21.8 Å². The second-order valence-corrected chi connectivity index (χ2v) is 8.17. The predicted molar refractivity (Wildman–Crippen MR) is 97.7 cm³/mol. The highest BCUT2D eigenvalue weighted by Crippen LogP contribution is 2.21. The molecule has 0 unspecified atom stereocenters. The largest absolute Gasteiger partial charge is 0.453 e. The number of nitrogens with one attached hydrogen (secondary N) is 1. The number of aryl methyl sites for hydroxylation is 1. The molecule has 27 heavy (non-hydrogen) atoms.